The molecule has 21 heavy (non-hydrogen) atoms. The number of carbonyl (C=O) groups is 1. The molecule has 0 aliphatic heterocycles. The van der Waals surface area contributed by atoms with E-state index in [1.807, 2.05) is 30.3 Å². The van der Waals surface area contributed by atoms with Crippen LogP contribution in [0.1, 0.15) is 42.6 Å². The van der Waals surface area contributed by atoms with Crippen LogP contribution in [0.3, 0.4) is 0 Å². The minimum absolute atomic E-state index is 0.0162. The van der Waals surface area contributed by atoms with E-state index in [1.165, 1.54) is 5.56 Å². The summed E-state index contributed by atoms with van der Waals surface area (Å²) in [6.45, 7) is 6.05. The highest BCUT2D eigenvalue weighted by molar-refractivity contribution is 9.10. The van der Waals surface area contributed by atoms with E-state index in [4.69, 9.17) is 4.74 Å². The molecule has 0 aliphatic rings. The first-order valence-corrected chi connectivity index (χ1v) is 7.83. The van der Waals surface area contributed by atoms with Crippen molar-refractivity contribution in [2.45, 2.75) is 32.8 Å². The molecule has 0 radical (unpaired) electrons. The second-order valence-electron chi connectivity index (χ2n) is 5.36. The van der Waals surface area contributed by atoms with Crippen molar-refractivity contribution in [3.63, 3.8) is 0 Å². The van der Waals surface area contributed by atoms with E-state index >= 15 is 0 Å². The zero-order chi connectivity index (χ0) is 15.4. The standard InChI is InChI=1S/C18H19BrO2/c1-12(2)15-5-4-6-17(11-15)21-13(3)18(20)14-7-9-16(19)10-8-14/h4-13H,1-3H3. The van der Waals surface area contributed by atoms with Gasteiger partial charge in [0.15, 0.2) is 6.10 Å². The first-order chi connectivity index (χ1) is 9.97. The lowest BCUT2D eigenvalue weighted by atomic mass is 10.0. The maximum Gasteiger partial charge on any atom is 0.202 e. The van der Waals surface area contributed by atoms with Crippen molar-refractivity contribution in [3.05, 3.63) is 64.1 Å². The summed E-state index contributed by atoms with van der Waals surface area (Å²) in [7, 11) is 0. The average molecular weight is 347 g/mol. The summed E-state index contributed by atoms with van der Waals surface area (Å²) in [5.41, 5.74) is 1.86. The lowest BCUT2D eigenvalue weighted by Gasteiger charge is -2.15. The van der Waals surface area contributed by atoms with E-state index in [9.17, 15) is 4.79 Å². The van der Waals surface area contributed by atoms with Gasteiger partial charge in [0.2, 0.25) is 5.78 Å². The second-order valence-corrected chi connectivity index (χ2v) is 6.27. The first-order valence-electron chi connectivity index (χ1n) is 7.04. The maximum atomic E-state index is 12.3. The minimum atomic E-state index is -0.506. The fourth-order valence-corrected chi connectivity index (χ4v) is 2.32. The third-order valence-corrected chi connectivity index (χ3v) is 3.86. The van der Waals surface area contributed by atoms with E-state index in [0.29, 0.717) is 11.5 Å². The van der Waals surface area contributed by atoms with Crippen molar-refractivity contribution < 1.29 is 9.53 Å². The molecule has 2 aromatic carbocycles. The summed E-state index contributed by atoms with van der Waals surface area (Å²) in [4.78, 5) is 12.3. The Bertz CT molecular complexity index is 617. The Balaban J connectivity index is 2.10. The molecule has 2 rings (SSSR count). The number of carbonyl (C=O) groups excluding carboxylic acids is 1. The highest BCUT2D eigenvalue weighted by Gasteiger charge is 2.17. The van der Waals surface area contributed by atoms with E-state index in [-0.39, 0.29) is 5.78 Å². The van der Waals surface area contributed by atoms with Crippen LogP contribution in [0.2, 0.25) is 0 Å². The van der Waals surface area contributed by atoms with Crippen LogP contribution >= 0.6 is 15.9 Å². The van der Waals surface area contributed by atoms with Crippen LogP contribution in [0.4, 0.5) is 0 Å². The van der Waals surface area contributed by atoms with Crippen LogP contribution in [0.15, 0.2) is 53.0 Å². The van der Waals surface area contributed by atoms with Gasteiger partial charge in [-0.3, -0.25) is 4.79 Å². The van der Waals surface area contributed by atoms with E-state index < -0.39 is 6.10 Å². The molecule has 0 bridgehead atoms. The minimum Gasteiger partial charge on any atom is -0.483 e. The Morgan fingerprint density at radius 2 is 1.71 bits per heavy atom. The molecule has 0 spiro atoms. The van der Waals surface area contributed by atoms with Gasteiger partial charge in [0.1, 0.15) is 5.75 Å². The lowest BCUT2D eigenvalue weighted by molar-refractivity contribution is 0.0818. The molecule has 2 aromatic rings. The summed E-state index contributed by atoms with van der Waals surface area (Å²) in [6.07, 6.45) is -0.506. The molecule has 1 atom stereocenters. The van der Waals surface area contributed by atoms with Crippen molar-refractivity contribution in [1.82, 2.24) is 0 Å². The number of halogens is 1. The van der Waals surface area contributed by atoms with Crippen molar-refractivity contribution in [1.29, 1.82) is 0 Å². The van der Waals surface area contributed by atoms with Crippen LogP contribution in [0.5, 0.6) is 5.75 Å². The zero-order valence-corrected chi connectivity index (χ0v) is 14.1. The summed E-state index contributed by atoms with van der Waals surface area (Å²) in [5.74, 6) is 1.16. The number of ether oxygens (including phenoxy) is 1. The van der Waals surface area contributed by atoms with Crippen LogP contribution in [0, 0.1) is 0 Å². The monoisotopic (exact) mass is 346 g/mol. The average Bonchev–Trinajstić information content (AvgIpc) is 2.47. The molecule has 0 saturated carbocycles. The van der Waals surface area contributed by atoms with Gasteiger partial charge >= 0.3 is 0 Å². The van der Waals surface area contributed by atoms with E-state index in [0.717, 1.165) is 10.2 Å². The van der Waals surface area contributed by atoms with Gasteiger partial charge in [0.25, 0.3) is 0 Å². The number of hydrogen-bond acceptors (Lipinski definition) is 2. The molecular weight excluding hydrogens is 328 g/mol. The number of hydrogen-bond donors (Lipinski definition) is 0. The van der Waals surface area contributed by atoms with Gasteiger partial charge in [-0.25, -0.2) is 0 Å². The summed E-state index contributed by atoms with van der Waals surface area (Å²) in [6, 6.07) is 15.2. The van der Waals surface area contributed by atoms with E-state index in [1.54, 1.807) is 19.1 Å². The topological polar surface area (TPSA) is 26.3 Å². The molecule has 1 unspecified atom stereocenters. The zero-order valence-electron chi connectivity index (χ0n) is 12.5. The second kappa shape index (κ2) is 6.90. The van der Waals surface area contributed by atoms with Gasteiger partial charge in [0.05, 0.1) is 0 Å². The quantitative estimate of drug-likeness (QED) is 0.693. The Hall–Kier alpha value is -1.61. The van der Waals surface area contributed by atoms with Crippen molar-refractivity contribution in [2.24, 2.45) is 0 Å². The molecule has 0 aliphatic carbocycles. The number of benzene rings is 2. The summed E-state index contributed by atoms with van der Waals surface area (Å²) >= 11 is 3.36. The predicted molar refractivity (Wildman–Crippen MR) is 89.1 cm³/mol. The molecule has 3 heteroatoms. The van der Waals surface area contributed by atoms with Crippen LogP contribution in [-0.4, -0.2) is 11.9 Å². The third-order valence-electron chi connectivity index (χ3n) is 3.34. The molecule has 0 fully saturated rings. The normalized spacial score (nSPS) is 12.2. The first kappa shape index (κ1) is 15.8. The Labute approximate surface area is 134 Å². The molecule has 0 saturated heterocycles. The van der Waals surface area contributed by atoms with Gasteiger partial charge in [-0.1, -0.05) is 54.0 Å². The summed E-state index contributed by atoms with van der Waals surface area (Å²) in [5, 5.41) is 0. The van der Waals surface area contributed by atoms with Gasteiger partial charge in [-0.2, -0.15) is 0 Å². The highest BCUT2D eigenvalue weighted by atomic mass is 79.9. The van der Waals surface area contributed by atoms with Crippen LogP contribution < -0.4 is 4.74 Å². The fraction of sp³-hybridized carbons (Fsp3) is 0.278. The maximum absolute atomic E-state index is 12.3. The highest BCUT2D eigenvalue weighted by Crippen LogP contribution is 2.22. The van der Waals surface area contributed by atoms with Gasteiger partial charge in [0, 0.05) is 10.0 Å². The number of Topliss-reactive ketones (excluding diaryl/α,β-unsaturated/α-hetero) is 1. The van der Waals surface area contributed by atoms with Crippen LogP contribution in [0.25, 0.3) is 0 Å². The molecular formula is C18H19BrO2. The Kier molecular flexibility index (Phi) is 5.18. The molecule has 2 nitrogen and oxygen atoms in total. The molecule has 0 N–H and O–H groups in total. The molecule has 0 amide bonds. The van der Waals surface area contributed by atoms with Crippen molar-refractivity contribution in [2.75, 3.05) is 0 Å². The van der Waals surface area contributed by atoms with Gasteiger partial charge < -0.3 is 4.74 Å². The largest absolute Gasteiger partial charge is 0.483 e. The van der Waals surface area contributed by atoms with Crippen LogP contribution in [-0.2, 0) is 0 Å². The SMILES string of the molecule is CC(Oc1cccc(C(C)C)c1)C(=O)c1ccc(Br)cc1. The third kappa shape index (κ3) is 4.18. The predicted octanol–water partition coefficient (Wildman–Crippen LogP) is 5.22. The number of ketones is 1. The molecule has 0 heterocycles. The molecule has 110 valence electrons. The Morgan fingerprint density at radius 3 is 2.33 bits per heavy atom. The van der Waals surface area contributed by atoms with Gasteiger partial charge in [-0.15, -0.1) is 0 Å². The van der Waals surface area contributed by atoms with Crippen molar-refractivity contribution in [3.8, 4) is 5.75 Å². The number of rotatable bonds is 5. The fourth-order valence-electron chi connectivity index (χ4n) is 2.05. The van der Waals surface area contributed by atoms with Crippen molar-refractivity contribution >= 4 is 21.7 Å². The Morgan fingerprint density at radius 1 is 1.05 bits per heavy atom. The molecule has 0 aromatic heterocycles. The smallest absolute Gasteiger partial charge is 0.202 e. The van der Waals surface area contributed by atoms with E-state index in [2.05, 4.69) is 35.8 Å². The van der Waals surface area contributed by atoms with Gasteiger partial charge in [-0.05, 0) is 42.7 Å². The lowest BCUT2D eigenvalue weighted by Crippen LogP contribution is -2.23. The summed E-state index contributed by atoms with van der Waals surface area (Å²) < 4.78 is 6.75.